The Labute approximate surface area is 104 Å². The molecule has 1 N–H and O–H groups in total. The summed E-state index contributed by atoms with van der Waals surface area (Å²) < 4.78 is 1.93. The summed E-state index contributed by atoms with van der Waals surface area (Å²) in [6, 6.07) is 0. The van der Waals surface area contributed by atoms with Crippen molar-refractivity contribution in [3.8, 4) is 0 Å². The van der Waals surface area contributed by atoms with E-state index >= 15 is 0 Å². The molecule has 0 saturated heterocycles. The van der Waals surface area contributed by atoms with Crippen molar-refractivity contribution in [3.63, 3.8) is 0 Å². The van der Waals surface area contributed by atoms with Gasteiger partial charge in [-0.15, -0.1) is 0 Å². The van der Waals surface area contributed by atoms with Crippen molar-refractivity contribution in [2.75, 3.05) is 0 Å². The molecule has 96 valence electrons. The van der Waals surface area contributed by atoms with Crippen LogP contribution >= 0.6 is 0 Å². The normalized spacial score (nSPS) is 29.5. The first-order valence-corrected chi connectivity index (χ1v) is 6.91. The van der Waals surface area contributed by atoms with Crippen LogP contribution in [0.1, 0.15) is 51.5 Å². The highest BCUT2D eigenvalue weighted by molar-refractivity contribution is 5.10. The second kappa shape index (κ2) is 5.21. The van der Waals surface area contributed by atoms with Crippen LogP contribution in [-0.4, -0.2) is 20.5 Å². The molecule has 3 nitrogen and oxygen atoms in total. The third-order valence-electron chi connectivity index (χ3n) is 4.19. The minimum Gasteiger partial charge on any atom is -0.389 e. The molecule has 0 aromatic carbocycles. The summed E-state index contributed by atoms with van der Waals surface area (Å²) in [6.45, 7) is 5.17. The highest BCUT2D eigenvalue weighted by atomic mass is 16.3. The van der Waals surface area contributed by atoms with Gasteiger partial charge in [-0.2, -0.15) is 5.10 Å². The quantitative estimate of drug-likeness (QED) is 0.873. The molecular weight excluding hydrogens is 212 g/mol. The Balaban J connectivity index is 2.08. The van der Waals surface area contributed by atoms with Gasteiger partial charge in [0.2, 0.25) is 0 Å². The van der Waals surface area contributed by atoms with Crippen molar-refractivity contribution in [2.45, 2.75) is 64.5 Å². The van der Waals surface area contributed by atoms with E-state index in [1.807, 2.05) is 10.9 Å². The first-order chi connectivity index (χ1) is 8.18. The maximum absolute atomic E-state index is 10.8. The average molecular weight is 236 g/mol. The fraction of sp³-hybridized carbons (Fsp3) is 0.786. The van der Waals surface area contributed by atoms with Gasteiger partial charge in [0.25, 0.3) is 0 Å². The van der Waals surface area contributed by atoms with Crippen molar-refractivity contribution >= 4 is 0 Å². The largest absolute Gasteiger partial charge is 0.389 e. The molecule has 0 aliphatic heterocycles. The van der Waals surface area contributed by atoms with Gasteiger partial charge >= 0.3 is 0 Å². The number of aliphatic hydroxyl groups is 1. The molecule has 1 heterocycles. The molecule has 3 heteroatoms. The minimum atomic E-state index is -0.491. The third kappa shape index (κ3) is 2.71. The van der Waals surface area contributed by atoms with Crippen LogP contribution in [0.5, 0.6) is 0 Å². The van der Waals surface area contributed by atoms with Gasteiger partial charge in [0, 0.05) is 19.2 Å². The second-order valence-corrected chi connectivity index (χ2v) is 5.34. The lowest BCUT2D eigenvalue weighted by Gasteiger charge is -2.39. The lowest BCUT2D eigenvalue weighted by Crippen LogP contribution is -2.42. The van der Waals surface area contributed by atoms with Crippen molar-refractivity contribution in [2.24, 2.45) is 5.92 Å². The average Bonchev–Trinajstić information content (AvgIpc) is 2.76. The monoisotopic (exact) mass is 236 g/mol. The number of aryl methyl sites for hydroxylation is 1. The van der Waals surface area contributed by atoms with Gasteiger partial charge in [-0.05, 0) is 31.2 Å². The first-order valence-electron chi connectivity index (χ1n) is 6.91. The Bertz CT molecular complexity index is 361. The van der Waals surface area contributed by atoms with Crippen LogP contribution in [-0.2, 0) is 13.0 Å². The summed E-state index contributed by atoms with van der Waals surface area (Å²) in [5.41, 5.74) is 0.684. The molecule has 0 spiro atoms. The number of rotatable bonds is 4. The van der Waals surface area contributed by atoms with E-state index < -0.39 is 5.60 Å². The lowest BCUT2D eigenvalue weighted by molar-refractivity contribution is -0.0491. The zero-order chi connectivity index (χ0) is 12.3. The molecule has 1 saturated carbocycles. The Morgan fingerprint density at radius 1 is 1.47 bits per heavy atom. The van der Waals surface area contributed by atoms with E-state index in [0.29, 0.717) is 5.92 Å². The molecule has 0 bridgehead atoms. The highest BCUT2D eigenvalue weighted by Gasteiger charge is 2.37. The van der Waals surface area contributed by atoms with Crippen LogP contribution in [0.25, 0.3) is 0 Å². The Morgan fingerprint density at radius 3 is 2.94 bits per heavy atom. The van der Waals surface area contributed by atoms with Gasteiger partial charge in [0.1, 0.15) is 0 Å². The molecule has 17 heavy (non-hydrogen) atoms. The Hall–Kier alpha value is -0.830. The topological polar surface area (TPSA) is 38.1 Å². The molecule has 2 rings (SSSR count). The van der Waals surface area contributed by atoms with Gasteiger partial charge in [-0.1, -0.05) is 26.2 Å². The molecule has 2 atom stereocenters. The summed E-state index contributed by atoms with van der Waals surface area (Å²) in [4.78, 5) is 0. The van der Waals surface area contributed by atoms with E-state index in [9.17, 15) is 5.11 Å². The van der Waals surface area contributed by atoms with Crippen LogP contribution in [0.4, 0.5) is 0 Å². The van der Waals surface area contributed by atoms with Crippen molar-refractivity contribution in [1.29, 1.82) is 0 Å². The first kappa shape index (κ1) is 12.6. The SMILES string of the molecule is CCC1CCCCC1(O)Cc1cnn(CC)c1. The number of aromatic nitrogens is 2. The molecule has 1 aliphatic rings. The fourth-order valence-corrected chi connectivity index (χ4v) is 3.14. The minimum absolute atomic E-state index is 0.459. The molecule has 1 fully saturated rings. The van der Waals surface area contributed by atoms with E-state index in [2.05, 4.69) is 25.1 Å². The van der Waals surface area contributed by atoms with Crippen LogP contribution in [0.2, 0.25) is 0 Å². The van der Waals surface area contributed by atoms with E-state index in [4.69, 9.17) is 0 Å². The molecule has 1 aliphatic carbocycles. The summed E-state index contributed by atoms with van der Waals surface area (Å²) in [5.74, 6) is 0.459. The van der Waals surface area contributed by atoms with Gasteiger partial charge in [0.15, 0.2) is 0 Å². The lowest BCUT2D eigenvalue weighted by atomic mass is 9.71. The predicted octanol–water partition coefficient (Wildman–Crippen LogP) is 2.78. The Morgan fingerprint density at radius 2 is 2.29 bits per heavy atom. The molecule has 1 aromatic heterocycles. The summed E-state index contributed by atoms with van der Waals surface area (Å²) >= 11 is 0. The van der Waals surface area contributed by atoms with Gasteiger partial charge in [-0.25, -0.2) is 0 Å². The Kier molecular flexibility index (Phi) is 3.87. The van der Waals surface area contributed by atoms with Gasteiger partial charge < -0.3 is 5.11 Å². The summed E-state index contributed by atoms with van der Waals surface area (Å²) in [7, 11) is 0. The van der Waals surface area contributed by atoms with Crippen LogP contribution in [0.3, 0.4) is 0 Å². The summed E-state index contributed by atoms with van der Waals surface area (Å²) in [5, 5.41) is 15.1. The van der Waals surface area contributed by atoms with Crippen molar-refractivity contribution < 1.29 is 5.11 Å². The molecule has 0 amide bonds. The zero-order valence-electron chi connectivity index (χ0n) is 11.0. The van der Waals surface area contributed by atoms with E-state index in [-0.39, 0.29) is 0 Å². The number of hydrogen-bond donors (Lipinski definition) is 1. The maximum Gasteiger partial charge on any atom is 0.0717 e. The highest BCUT2D eigenvalue weighted by Crippen LogP contribution is 2.38. The van der Waals surface area contributed by atoms with E-state index in [1.165, 1.54) is 18.4 Å². The standard InChI is InChI=1S/C14H24N2O/c1-3-13-7-5-6-8-14(13,17)9-12-10-15-16(4-2)11-12/h10-11,13,17H,3-9H2,1-2H3. The molecule has 1 aromatic rings. The van der Waals surface area contributed by atoms with Crippen LogP contribution < -0.4 is 0 Å². The zero-order valence-corrected chi connectivity index (χ0v) is 11.0. The summed E-state index contributed by atoms with van der Waals surface area (Å²) in [6.07, 6.45) is 10.4. The van der Waals surface area contributed by atoms with Gasteiger partial charge in [-0.3, -0.25) is 4.68 Å². The third-order valence-corrected chi connectivity index (χ3v) is 4.19. The molecule has 2 unspecified atom stereocenters. The second-order valence-electron chi connectivity index (χ2n) is 5.34. The number of nitrogens with zero attached hydrogens (tertiary/aromatic N) is 2. The van der Waals surface area contributed by atoms with Crippen LogP contribution in [0.15, 0.2) is 12.4 Å². The fourth-order valence-electron chi connectivity index (χ4n) is 3.14. The van der Waals surface area contributed by atoms with Crippen LogP contribution in [0, 0.1) is 5.92 Å². The van der Waals surface area contributed by atoms with Gasteiger partial charge in [0.05, 0.1) is 11.8 Å². The predicted molar refractivity (Wildman–Crippen MR) is 68.8 cm³/mol. The molecular formula is C14H24N2O. The maximum atomic E-state index is 10.8. The molecule has 0 radical (unpaired) electrons. The van der Waals surface area contributed by atoms with Crippen molar-refractivity contribution in [1.82, 2.24) is 9.78 Å². The van der Waals surface area contributed by atoms with Crippen molar-refractivity contribution in [3.05, 3.63) is 18.0 Å². The number of hydrogen-bond acceptors (Lipinski definition) is 2. The smallest absolute Gasteiger partial charge is 0.0717 e. The van der Waals surface area contributed by atoms with E-state index in [1.54, 1.807) is 0 Å². The van der Waals surface area contributed by atoms with E-state index in [0.717, 1.165) is 32.2 Å².